The van der Waals surface area contributed by atoms with E-state index in [-0.39, 0.29) is 35.3 Å². The minimum absolute atomic E-state index is 0.0559. The van der Waals surface area contributed by atoms with Gasteiger partial charge in [-0.05, 0) is 30.4 Å². The Bertz CT molecular complexity index is 730. The topological polar surface area (TPSA) is 63.2 Å². The summed E-state index contributed by atoms with van der Waals surface area (Å²) in [5, 5.41) is 2.70. The lowest BCUT2D eigenvalue weighted by atomic mass is 10.1. The van der Waals surface area contributed by atoms with Crippen LogP contribution in [0.4, 0.5) is 13.2 Å². The molecule has 1 heterocycles. The molecule has 8 heteroatoms. The predicted molar refractivity (Wildman–Crippen MR) is 77.5 cm³/mol. The highest BCUT2D eigenvalue weighted by atomic mass is 32.2. The van der Waals surface area contributed by atoms with Crippen LogP contribution in [0, 0.1) is 5.92 Å². The molecule has 1 saturated heterocycles. The Kier molecular flexibility index (Phi) is 3.90. The fraction of sp³-hybridized carbons (Fsp3) is 0.533. The number of alkyl halides is 3. The highest BCUT2D eigenvalue weighted by Gasteiger charge is 2.45. The summed E-state index contributed by atoms with van der Waals surface area (Å²) >= 11 is 0. The van der Waals surface area contributed by atoms with Crippen LogP contribution < -0.4 is 5.32 Å². The maximum atomic E-state index is 12.7. The van der Waals surface area contributed by atoms with E-state index in [0.717, 1.165) is 12.1 Å². The Hall–Kier alpha value is -1.57. The molecule has 0 spiro atoms. The molecule has 1 aromatic carbocycles. The summed E-state index contributed by atoms with van der Waals surface area (Å²) < 4.78 is 60.9. The third kappa shape index (κ3) is 3.68. The Labute approximate surface area is 132 Å². The van der Waals surface area contributed by atoms with Crippen molar-refractivity contribution in [1.29, 1.82) is 0 Å². The van der Waals surface area contributed by atoms with Crippen LogP contribution in [-0.4, -0.2) is 31.9 Å². The van der Waals surface area contributed by atoms with Gasteiger partial charge in [0.25, 0.3) is 0 Å². The molecular weight excluding hydrogens is 331 g/mol. The van der Waals surface area contributed by atoms with Crippen LogP contribution in [0.3, 0.4) is 0 Å². The van der Waals surface area contributed by atoms with Crippen LogP contribution in [0.2, 0.25) is 0 Å². The van der Waals surface area contributed by atoms with Crippen LogP contribution in [-0.2, 0) is 20.8 Å². The number of hydrogen-bond acceptors (Lipinski definition) is 3. The second kappa shape index (κ2) is 5.51. The molecular formula is C15H16F3NO3S. The van der Waals surface area contributed by atoms with Gasteiger partial charge in [0, 0.05) is 12.0 Å². The van der Waals surface area contributed by atoms with Gasteiger partial charge in [0.15, 0.2) is 9.84 Å². The number of sulfone groups is 1. The molecule has 1 amide bonds. The Morgan fingerprint density at radius 1 is 1.26 bits per heavy atom. The van der Waals surface area contributed by atoms with E-state index in [1.54, 1.807) is 6.07 Å². The van der Waals surface area contributed by atoms with Crippen molar-refractivity contribution in [3.8, 4) is 0 Å². The monoisotopic (exact) mass is 347 g/mol. The van der Waals surface area contributed by atoms with Gasteiger partial charge in [-0.25, -0.2) is 8.42 Å². The summed E-state index contributed by atoms with van der Waals surface area (Å²) in [6.45, 7) is 0. The first-order valence-corrected chi connectivity index (χ1v) is 9.16. The molecule has 2 fully saturated rings. The number of nitrogens with one attached hydrogen (secondary N) is 1. The SMILES string of the molecule is O=C(N[C@@H]1CCS(=O)(=O)C1)[C@H]1C[C@H]1c1cccc(C(F)(F)F)c1. The van der Waals surface area contributed by atoms with Gasteiger partial charge in [-0.1, -0.05) is 18.2 Å². The van der Waals surface area contributed by atoms with Gasteiger partial charge in [-0.2, -0.15) is 13.2 Å². The van der Waals surface area contributed by atoms with Gasteiger partial charge in [-0.15, -0.1) is 0 Å². The maximum absolute atomic E-state index is 12.7. The normalized spacial score (nSPS) is 29.3. The minimum Gasteiger partial charge on any atom is -0.352 e. The third-order valence-corrected chi connectivity index (χ3v) is 6.12. The Morgan fingerprint density at radius 3 is 2.61 bits per heavy atom. The van der Waals surface area contributed by atoms with Crippen LogP contribution >= 0.6 is 0 Å². The van der Waals surface area contributed by atoms with Crippen molar-refractivity contribution < 1.29 is 26.4 Å². The zero-order chi connectivity index (χ0) is 16.8. The van der Waals surface area contributed by atoms with E-state index in [9.17, 15) is 26.4 Å². The van der Waals surface area contributed by atoms with E-state index in [2.05, 4.69) is 5.32 Å². The maximum Gasteiger partial charge on any atom is 0.416 e. The average molecular weight is 347 g/mol. The predicted octanol–water partition coefficient (Wildman–Crippen LogP) is 2.11. The first-order chi connectivity index (χ1) is 10.7. The fourth-order valence-electron chi connectivity index (χ4n) is 3.02. The van der Waals surface area contributed by atoms with Gasteiger partial charge in [0.05, 0.1) is 17.1 Å². The molecule has 0 unspecified atom stereocenters. The summed E-state index contributed by atoms with van der Waals surface area (Å²) in [5.41, 5.74) is -0.220. The van der Waals surface area contributed by atoms with Gasteiger partial charge < -0.3 is 5.32 Å². The van der Waals surface area contributed by atoms with E-state index in [1.165, 1.54) is 6.07 Å². The smallest absolute Gasteiger partial charge is 0.352 e. The van der Waals surface area contributed by atoms with Crippen molar-refractivity contribution in [2.45, 2.75) is 31.0 Å². The quantitative estimate of drug-likeness (QED) is 0.911. The van der Waals surface area contributed by atoms with Crippen LogP contribution in [0.25, 0.3) is 0 Å². The van der Waals surface area contributed by atoms with Crippen LogP contribution in [0.1, 0.15) is 29.9 Å². The molecule has 0 aromatic heterocycles. The number of benzene rings is 1. The van der Waals surface area contributed by atoms with Gasteiger partial charge >= 0.3 is 6.18 Å². The first kappa shape index (κ1) is 16.3. The molecule has 1 aliphatic heterocycles. The van der Waals surface area contributed by atoms with Gasteiger partial charge in [0.1, 0.15) is 0 Å². The molecule has 2 aliphatic rings. The standard InChI is InChI=1S/C15H16F3NO3S/c16-15(17,18)10-3-1-2-9(6-10)12-7-13(12)14(20)19-11-4-5-23(21,22)8-11/h1-3,6,11-13H,4-5,7-8H2,(H,19,20)/t11-,12+,13+/m1/s1. The molecule has 1 N–H and O–H groups in total. The number of carbonyl (C=O) groups excluding carboxylic acids is 1. The van der Waals surface area contributed by atoms with E-state index >= 15 is 0 Å². The summed E-state index contributed by atoms with van der Waals surface area (Å²) in [7, 11) is -3.07. The highest BCUT2D eigenvalue weighted by molar-refractivity contribution is 7.91. The van der Waals surface area contributed by atoms with Gasteiger partial charge in [0.2, 0.25) is 5.91 Å². The molecule has 3 rings (SSSR count). The number of carbonyl (C=O) groups is 1. The molecule has 3 atom stereocenters. The second-order valence-electron chi connectivity index (χ2n) is 6.18. The minimum atomic E-state index is -4.40. The van der Waals surface area contributed by atoms with Crippen LogP contribution in [0.5, 0.6) is 0 Å². The van der Waals surface area contributed by atoms with Gasteiger partial charge in [-0.3, -0.25) is 4.79 Å². The largest absolute Gasteiger partial charge is 0.416 e. The summed E-state index contributed by atoms with van der Waals surface area (Å²) in [5.74, 6) is -0.856. The molecule has 23 heavy (non-hydrogen) atoms. The summed E-state index contributed by atoms with van der Waals surface area (Å²) in [4.78, 5) is 12.1. The Morgan fingerprint density at radius 2 is 2.00 bits per heavy atom. The second-order valence-corrected chi connectivity index (χ2v) is 8.41. The molecule has 1 aromatic rings. The lowest BCUT2D eigenvalue weighted by molar-refractivity contribution is -0.137. The Balaban J connectivity index is 1.62. The highest BCUT2D eigenvalue weighted by Crippen LogP contribution is 2.48. The number of hydrogen-bond donors (Lipinski definition) is 1. The van der Waals surface area contributed by atoms with Crippen LogP contribution in [0.15, 0.2) is 24.3 Å². The molecule has 1 saturated carbocycles. The number of rotatable bonds is 3. The first-order valence-electron chi connectivity index (χ1n) is 7.34. The van der Waals surface area contributed by atoms with Crippen molar-refractivity contribution in [2.24, 2.45) is 5.92 Å². The average Bonchev–Trinajstić information content (AvgIpc) is 3.18. The molecule has 4 nitrogen and oxygen atoms in total. The van der Waals surface area contributed by atoms with Crippen molar-refractivity contribution in [2.75, 3.05) is 11.5 Å². The van der Waals surface area contributed by atoms with Crippen molar-refractivity contribution >= 4 is 15.7 Å². The molecule has 1 aliphatic carbocycles. The number of halogens is 3. The van der Waals surface area contributed by atoms with Crippen molar-refractivity contribution in [3.05, 3.63) is 35.4 Å². The lowest BCUT2D eigenvalue weighted by Crippen LogP contribution is -2.36. The van der Waals surface area contributed by atoms with E-state index in [4.69, 9.17) is 0 Å². The van der Waals surface area contributed by atoms with E-state index in [1.807, 2.05) is 0 Å². The van der Waals surface area contributed by atoms with Crippen molar-refractivity contribution in [1.82, 2.24) is 5.32 Å². The molecule has 126 valence electrons. The zero-order valence-electron chi connectivity index (χ0n) is 12.1. The molecule has 0 bridgehead atoms. The number of amides is 1. The van der Waals surface area contributed by atoms with Crippen molar-refractivity contribution in [3.63, 3.8) is 0 Å². The van der Waals surface area contributed by atoms with E-state index in [0.29, 0.717) is 18.4 Å². The third-order valence-electron chi connectivity index (χ3n) is 4.35. The lowest BCUT2D eigenvalue weighted by Gasteiger charge is -2.11. The summed E-state index contributed by atoms with van der Waals surface area (Å²) in [6, 6.07) is 4.64. The summed E-state index contributed by atoms with van der Waals surface area (Å²) in [6.07, 6.45) is -3.51. The van der Waals surface area contributed by atoms with E-state index < -0.39 is 21.6 Å². The fourth-order valence-corrected chi connectivity index (χ4v) is 4.69. The molecule has 0 radical (unpaired) electrons. The zero-order valence-corrected chi connectivity index (χ0v) is 13.0.